The molecule has 154 valence electrons. The highest BCUT2D eigenvalue weighted by Crippen LogP contribution is 2.29. The molecule has 1 aliphatic rings. The Morgan fingerprint density at radius 2 is 2.00 bits per heavy atom. The van der Waals surface area contributed by atoms with Gasteiger partial charge in [0.2, 0.25) is 0 Å². The van der Waals surface area contributed by atoms with Gasteiger partial charge in [-0.1, -0.05) is 11.6 Å². The van der Waals surface area contributed by atoms with Crippen molar-refractivity contribution < 1.29 is 13.9 Å². The monoisotopic (exact) mass is 449 g/mol. The van der Waals surface area contributed by atoms with E-state index < -0.39 is 0 Å². The van der Waals surface area contributed by atoms with Crippen LogP contribution in [0.2, 0.25) is 5.02 Å². The molecule has 1 amide bonds. The summed E-state index contributed by atoms with van der Waals surface area (Å²) < 4.78 is 18.3. The summed E-state index contributed by atoms with van der Waals surface area (Å²) in [5, 5.41) is 3.26. The van der Waals surface area contributed by atoms with Crippen LogP contribution in [0, 0.1) is 11.7 Å². The molecule has 9 heteroatoms. The second kappa shape index (κ2) is 10.6. The number of carbonyl (C=O) groups excluding carboxylic acids is 1. The van der Waals surface area contributed by atoms with Crippen LogP contribution in [0.15, 0.2) is 36.4 Å². The molecule has 2 aromatic carbocycles. The summed E-state index contributed by atoms with van der Waals surface area (Å²) >= 11 is 6.02. The van der Waals surface area contributed by atoms with Crippen molar-refractivity contribution in [1.29, 1.82) is 0 Å². The molecule has 0 bridgehead atoms. The summed E-state index contributed by atoms with van der Waals surface area (Å²) in [6, 6.07) is 9.53. The van der Waals surface area contributed by atoms with Crippen molar-refractivity contribution in [3.05, 3.63) is 52.8 Å². The number of halogens is 4. The predicted octanol–water partition coefficient (Wildman–Crippen LogP) is 4.17. The molecule has 0 radical (unpaired) electrons. The van der Waals surface area contributed by atoms with Crippen molar-refractivity contribution in [2.45, 2.75) is 6.42 Å². The number of hydrogen-bond acceptors (Lipinski definition) is 4. The van der Waals surface area contributed by atoms with Crippen LogP contribution in [0.1, 0.15) is 16.8 Å². The molecular weight excluding hydrogens is 428 g/mol. The number of nitrogens with zero attached hydrogens (tertiary/aromatic N) is 1. The largest absolute Gasteiger partial charge is 0.496 e. The second-order valence-corrected chi connectivity index (χ2v) is 6.77. The number of carbonyl (C=O) groups is 1. The normalized spacial score (nSPS) is 15.4. The van der Waals surface area contributed by atoms with E-state index in [1.807, 2.05) is 0 Å². The van der Waals surface area contributed by atoms with E-state index in [9.17, 15) is 9.18 Å². The van der Waals surface area contributed by atoms with Crippen LogP contribution in [-0.4, -0.2) is 32.7 Å². The Morgan fingerprint density at radius 3 is 2.64 bits per heavy atom. The van der Waals surface area contributed by atoms with Crippen molar-refractivity contribution in [3.8, 4) is 5.75 Å². The Balaban J connectivity index is 0.00000196. The average molecular weight is 451 g/mol. The molecular formula is C19H23Cl3FN3O2. The van der Waals surface area contributed by atoms with Crippen LogP contribution in [0.3, 0.4) is 0 Å². The van der Waals surface area contributed by atoms with Gasteiger partial charge in [0.05, 0.1) is 23.4 Å². The fourth-order valence-corrected chi connectivity index (χ4v) is 3.30. The van der Waals surface area contributed by atoms with Gasteiger partial charge in [-0.15, -0.1) is 24.8 Å². The second-order valence-electron chi connectivity index (χ2n) is 6.36. The summed E-state index contributed by atoms with van der Waals surface area (Å²) in [6.45, 7) is 2.23. The van der Waals surface area contributed by atoms with Gasteiger partial charge in [0.25, 0.3) is 5.91 Å². The summed E-state index contributed by atoms with van der Waals surface area (Å²) in [5.74, 6) is 0.222. The molecule has 5 nitrogen and oxygen atoms in total. The van der Waals surface area contributed by atoms with Gasteiger partial charge >= 0.3 is 0 Å². The van der Waals surface area contributed by atoms with Gasteiger partial charge < -0.3 is 20.7 Å². The van der Waals surface area contributed by atoms with Crippen molar-refractivity contribution in [1.82, 2.24) is 5.32 Å². The number of nitrogen functional groups attached to an aromatic ring is 1. The lowest BCUT2D eigenvalue weighted by Crippen LogP contribution is -2.31. The highest BCUT2D eigenvalue weighted by atomic mass is 35.5. The first-order valence-electron chi connectivity index (χ1n) is 8.39. The lowest BCUT2D eigenvalue weighted by atomic mass is 10.1. The van der Waals surface area contributed by atoms with E-state index in [1.54, 1.807) is 18.2 Å². The molecule has 1 atom stereocenters. The van der Waals surface area contributed by atoms with Crippen LogP contribution < -0.4 is 20.7 Å². The van der Waals surface area contributed by atoms with E-state index in [0.29, 0.717) is 34.5 Å². The van der Waals surface area contributed by atoms with Gasteiger partial charge in [-0.25, -0.2) is 4.39 Å². The number of rotatable bonds is 5. The number of anilines is 2. The number of nitrogens with one attached hydrogen (secondary N) is 1. The highest BCUT2D eigenvalue weighted by Gasteiger charge is 2.24. The minimum atomic E-state index is -0.246. The zero-order valence-corrected chi connectivity index (χ0v) is 17.7. The van der Waals surface area contributed by atoms with E-state index in [1.165, 1.54) is 25.3 Å². The number of ether oxygens (including phenoxy) is 1. The third kappa shape index (κ3) is 5.56. The highest BCUT2D eigenvalue weighted by molar-refractivity contribution is 6.33. The quantitative estimate of drug-likeness (QED) is 0.671. The molecule has 1 saturated heterocycles. The molecule has 2 aromatic rings. The number of amides is 1. The minimum absolute atomic E-state index is 0. The van der Waals surface area contributed by atoms with Gasteiger partial charge in [-0.3, -0.25) is 4.79 Å². The smallest absolute Gasteiger partial charge is 0.255 e. The molecule has 1 heterocycles. The molecule has 3 rings (SSSR count). The van der Waals surface area contributed by atoms with E-state index >= 15 is 0 Å². The zero-order chi connectivity index (χ0) is 18.7. The summed E-state index contributed by atoms with van der Waals surface area (Å²) in [4.78, 5) is 14.7. The molecule has 1 unspecified atom stereocenters. The van der Waals surface area contributed by atoms with Crippen LogP contribution in [0.5, 0.6) is 5.75 Å². The number of nitrogens with two attached hydrogens (primary N) is 1. The van der Waals surface area contributed by atoms with E-state index in [-0.39, 0.29) is 36.5 Å². The van der Waals surface area contributed by atoms with Gasteiger partial charge in [-0.05, 0) is 42.7 Å². The topological polar surface area (TPSA) is 67.6 Å². The maximum atomic E-state index is 13.0. The molecule has 0 spiro atoms. The average Bonchev–Trinajstić information content (AvgIpc) is 3.11. The van der Waals surface area contributed by atoms with Gasteiger partial charge in [0.15, 0.2) is 0 Å². The molecule has 28 heavy (non-hydrogen) atoms. The molecule has 1 aliphatic heterocycles. The molecule has 0 aliphatic carbocycles. The van der Waals surface area contributed by atoms with Crippen LogP contribution in [0.4, 0.5) is 15.8 Å². The predicted molar refractivity (Wildman–Crippen MR) is 116 cm³/mol. The molecule has 3 N–H and O–H groups in total. The third-order valence-electron chi connectivity index (χ3n) is 4.59. The van der Waals surface area contributed by atoms with Crippen molar-refractivity contribution in [3.63, 3.8) is 0 Å². The zero-order valence-electron chi connectivity index (χ0n) is 15.3. The van der Waals surface area contributed by atoms with Crippen molar-refractivity contribution in [2.24, 2.45) is 5.92 Å². The summed E-state index contributed by atoms with van der Waals surface area (Å²) in [5.41, 5.74) is 7.47. The van der Waals surface area contributed by atoms with Crippen LogP contribution >= 0.6 is 36.4 Å². The van der Waals surface area contributed by atoms with Crippen LogP contribution in [0.25, 0.3) is 0 Å². The Bertz CT molecular complexity index is 806. The number of hydrogen-bond donors (Lipinski definition) is 2. The SMILES string of the molecule is COc1cc(N)c(Cl)cc1C(=O)NCC1CCN(c2ccc(F)cc2)C1.Cl.Cl. The van der Waals surface area contributed by atoms with Crippen LogP contribution in [-0.2, 0) is 0 Å². The molecule has 0 saturated carbocycles. The summed E-state index contributed by atoms with van der Waals surface area (Å²) in [7, 11) is 1.48. The lowest BCUT2D eigenvalue weighted by molar-refractivity contribution is 0.0945. The number of methoxy groups -OCH3 is 1. The third-order valence-corrected chi connectivity index (χ3v) is 4.92. The minimum Gasteiger partial charge on any atom is -0.496 e. The molecule has 0 aromatic heterocycles. The summed E-state index contributed by atoms with van der Waals surface area (Å²) in [6.07, 6.45) is 0.956. The van der Waals surface area contributed by atoms with Gasteiger partial charge in [0.1, 0.15) is 11.6 Å². The fourth-order valence-electron chi connectivity index (χ4n) is 3.13. The Morgan fingerprint density at radius 1 is 1.32 bits per heavy atom. The fraction of sp³-hybridized carbons (Fsp3) is 0.316. The van der Waals surface area contributed by atoms with E-state index in [2.05, 4.69) is 10.2 Å². The Kier molecular flexibility index (Phi) is 9.14. The standard InChI is InChI=1S/C19H21ClFN3O2.2ClH/c1-26-18-9-17(22)16(20)8-15(18)19(25)23-10-12-6-7-24(11-12)14-4-2-13(21)3-5-14;;/h2-5,8-9,12H,6-7,10-11,22H2,1H3,(H,23,25);2*1H. The van der Waals surface area contributed by atoms with E-state index in [4.69, 9.17) is 22.1 Å². The van der Waals surface area contributed by atoms with Crippen molar-refractivity contribution in [2.75, 3.05) is 37.4 Å². The lowest BCUT2D eigenvalue weighted by Gasteiger charge is -2.19. The Hall–Kier alpha value is -1.89. The first-order valence-corrected chi connectivity index (χ1v) is 8.77. The van der Waals surface area contributed by atoms with Crippen molar-refractivity contribution >= 4 is 53.7 Å². The first-order chi connectivity index (χ1) is 12.5. The maximum Gasteiger partial charge on any atom is 0.255 e. The Labute approximate surface area is 181 Å². The molecule has 1 fully saturated rings. The van der Waals surface area contributed by atoms with E-state index in [0.717, 1.165) is 25.2 Å². The van der Waals surface area contributed by atoms with Gasteiger partial charge in [-0.2, -0.15) is 0 Å². The number of benzene rings is 2. The van der Waals surface area contributed by atoms with Gasteiger partial charge in [0, 0.05) is 31.4 Å². The first kappa shape index (κ1) is 24.1. The maximum absolute atomic E-state index is 13.0.